The van der Waals surface area contributed by atoms with Crippen LogP contribution in [0, 0.1) is 0 Å². The zero-order chi connectivity index (χ0) is 10.6. The molecule has 2 nitrogen and oxygen atoms in total. The fourth-order valence-electron chi connectivity index (χ4n) is 1.07. The summed E-state index contributed by atoms with van der Waals surface area (Å²) in [7, 11) is 15.0. The van der Waals surface area contributed by atoms with E-state index in [1.807, 2.05) is 24.3 Å². The van der Waals surface area contributed by atoms with Gasteiger partial charge in [0.15, 0.2) is 0 Å². The summed E-state index contributed by atoms with van der Waals surface area (Å²) in [5.74, 6) is 0.733. The molecule has 0 saturated heterocycles. The molecule has 0 radical (unpaired) electrons. The molecule has 0 aliphatic rings. The molecule has 1 rings (SSSR count). The number of halogens is 2. The average Bonchev–Trinajstić information content (AvgIpc) is 2.19. The van der Waals surface area contributed by atoms with Crippen molar-refractivity contribution in [1.82, 2.24) is 0 Å². The van der Waals surface area contributed by atoms with Crippen molar-refractivity contribution in [1.29, 1.82) is 0 Å². The van der Waals surface area contributed by atoms with E-state index in [9.17, 15) is 0 Å². The molecule has 0 fully saturated rings. The third kappa shape index (κ3) is 2.80. The van der Waals surface area contributed by atoms with Gasteiger partial charge in [0.2, 0.25) is 0 Å². The van der Waals surface area contributed by atoms with Crippen LogP contribution in [0.15, 0.2) is 24.3 Å². The van der Waals surface area contributed by atoms with E-state index in [-0.39, 0.29) is 0 Å². The zero-order valence-electron chi connectivity index (χ0n) is 7.79. The predicted molar refractivity (Wildman–Crippen MR) is 55.8 cm³/mol. The van der Waals surface area contributed by atoms with Crippen LogP contribution in [0.25, 0.3) is 0 Å². The number of hydrogen-bond donors (Lipinski definition) is 0. The molecule has 1 aromatic carbocycles. The number of para-hydroxylation sites is 1. The monoisotopic (exact) mass is 318 g/mol. The molecule has 14 heavy (non-hydrogen) atoms. The van der Waals surface area contributed by atoms with Crippen molar-refractivity contribution in [2.75, 3.05) is 14.2 Å². The molecular weight excluding hydrogens is 307 g/mol. The molecule has 0 atom stereocenters. The van der Waals surface area contributed by atoms with Crippen molar-refractivity contribution in [2.24, 2.45) is 0 Å². The summed E-state index contributed by atoms with van der Waals surface area (Å²) in [4.78, 5) is 0. The van der Waals surface area contributed by atoms with E-state index >= 15 is 0 Å². The summed E-state index contributed by atoms with van der Waals surface area (Å²) in [5, 5.41) is 0. The first-order valence-electron chi connectivity index (χ1n) is 3.81. The molecule has 0 amide bonds. The number of ether oxygens (including phenoxy) is 2. The van der Waals surface area contributed by atoms with Crippen molar-refractivity contribution in [3.8, 4) is 5.75 Å². The number of benzene rings is 1. The van der Waals surface area contributed by atoms with Gasteiger partial charge in [-0.1, -0.05) is 0 Å². The van der Waals surface area contributed by atoms with Crippen molar-refractivity contribution in [2.45, 2.75) is 0 Å². The van der Waals surface area contributed by atoms with Gasteiger partial charge in [0, 0.05) is 0 Å². The van der Waals surface area contributed by atoms with Crippen molar-refractivity contribution in [3.63, 3.8) is 0 Å². The van der Waals surface area contributed by atoms with Crippen LogP contribution in [0.3, 0.4) is 0 Å². The molecule has 0 N–H and O–H groups in total. The van der Waals surface area contributed by atoms with E-state index in [2.05, 4.69) is 0 Å². The Bertz CT molecular complexity index is 348. The second-order valence-corrected chi connectivity index (χ2v) is 8.95. The van der Waals surface area contributed by atoms with Gasteiger partial charge in [-0.25, -0.2) is 0 Å². The Balaban J connectivity index is 3.23. The first-order chi connectivity index (χ1) is 6.70. The summed E-state index contributed by atoms with van der Waals surface area (Å²) in [6.07, 6.45) is 0. The van der Waals surface area contributed by atoms with Crippen LogP contribution in [-0.2, 0) is 19.5 Å². The molecule has 0 bridgehead atoms. The quantitative estimate of drug-likeness (QED) is 0.798. The molecule has 0 spiro atoms. The van der Waals surface area contributed by atoms with Gasteiger partial charge in [0.05, 0.1) is 0 Å². The fraction of sp³-hybridized carbons (Fsp3) is 0.222. The van der Waals surface area contributed by atoms with E-state index in [1.54, 1.807) is 14.2 Å². The van der Waals surface area contributed by atoms with Gasteiger partial charge in [-0.3, -0.25) is 0 Å². The minimum atomic E-state index is -2.29. The predicted octanol–water partition coefficient (Wildman–Crippen LogP) is 2.75. The number of methoxy groups -OCH3 is 2. The molecule has 1 aromatic rings. The Hall–Kier alpha value is 0.118. The van der Waals surface area contributed by atoms with Gasteiger partial charge in [-0.2, -0.15) is 0 Å². The van der Waals surface area contributed by atoms with Gasteiger partial charge in [-0.05, 0) is 0 Å². The van der Waals surface area contributed by atoms with Crippen LogP contribution in [0.5, 0.6) is 5.75 Å². The first kappa shape index (κ1) is 12.2. The van der Waals surface area contributed by atoms with Gasteiger partial charge in [0.25, 0.3) is 0 Å². The molecule has 0 unspecified atom stereocenters. The maximum absolute atomic E-state index is 5.93. The maximum atomic E-state index is 5.93. The average molecular weight is 317 g/mol. The fourth-order valence-corrected chi connectivity index (χ4v) is 3.93. The van der Waals surface area contributed by atoms with Crippen molar-refractivity contribution < 1.29 is 24.2 Å². The summed E-state index contributed by atoms with van der Waals surface area (Å²) >= 11 is -2.29. The molecule has 0 aliphatic heterocycles. The second-order valence-electron chi connectivity index (χ2n) is 2.40. The topological polar surface area (TPSA) is 18.5 Å². The SMILES string of the molecule is CO[C](c1ccccc1OC)=[Mo]([Cl])[Cl]. The Morgan fingerprint density at radius 2 is 1.86 bits per heavy atom. The van der Waals surface area contributed by atoms with E-state index < -0.39 is 14.8 Å². The Morgan fingerprint density at radius 1 is 1.21 bits per heavy atom. The van der Waals surface area contributed by atoms with Gasteiger partial charge in [-0.15, -0.1) is 0 Å². The number of hydrogen-bond acceptors (Lipinski definition) is 2. The minimum absolute atomic E-state index is 0.661. The normalized spacial score (nSPS) is 10.4. The third-order valence-corrected chi connectivity index (χ3v) is 4.95. The van der Waals surface area contributed by atoms with E-state index in [0.29, 0.717) is 4.08 Å². The third-order valence-electron chi connectivity index (χ3n) is 1.65. The summed E-state index contributed by atoms with van der Waals surface area (Å²) in [6.45, 7) is 0. The Labute approximate surface area is 96.7 Å². The van der Waals surface area contributed by atoms with Crippen molar-refractivity contribution in [3.05, 3.63) is 29.8 Å². The second kappa shape index (κ2) is 5.87. The standard InChI is InChI=1S/C9H10O2.2ClH.Mo/c1-10-7-8-5-3-4-6-9(8)11-2;;;/h3-6H,1-2H3;2*1H;/q;;;+2/p-2. The van der Waals surface area contributed by atoms with Crippen LogP contribution < -0.4 is 4.74 Å². The summed E-state index contributed by atoms with van der Waals surface area (Å²) < 4.78 is 11.0. The summed E-state index contributed by atoms with van der Waals surface area (Å²) in [5.41, 5.74) is 0.846. The first-order valence-corrected chi connectivity index (χ1v) is 9.99. The molecular formula is C9H10Cl2MoO2. The molecule has 0 aromatic heterocycles. The molecule has 0 saturated carbocycles. The van der Waals surface area contributed by atoms with Crippen LogP contribution in [0.1, 0.15) is 5.56 Å². The van der Waals surface area contributed by atoms with E-state index in [1.165, 1.54) is 0 Å². The van der Waals surface area contributed by atoms with Gasteiger partial charge in [0.1, 0.15) is 0 Å². The van der Waals surface area contributed by atoms with Gasteiger partial charge < -0.3 is 0 Å². The summed E-state index contributed by atoms with van der Waals surface area (Å²) in [6, 6.07) is 7.52. The van der Waals surface area contributed by atoms with Crippen LogP contribution in [0.2, 0.25) is 0 Å². The van der Waals surface area contributed by atoms with Gasteiger partial charge >= 0.3 is 97.0 Å². The molecule has 0 aliphatic carbocycles. The molecule has 78 valence electrons. The zero-order valence-corrected chi connectivity index (χ0v) is 11.3. The van der Waals surface area contributed by atoms with E-state index in [4.69, 9.17) is 28.3 Å². The Kier molecular flexibility index (Phi) is 5.11. The van der Waals surface area contributed by atoms with Crippen LogP contribution in [0.4, 0.5) is 0 Å². The van der Waals surface area contributed by atoms with Crippen molar-refractivity contribution >= 4 is 22.9 Å². The Morgan fingerprint density at radius 3 is 2.36 bits per heavy atom. The van der Waals surface area contributed by atoms with Crippen LogP contribution in [-0.4, -0.2) is 18.3 Å². The van der Waals surface area contributed by atoms with E-state index in [0.717, 1.165) is 11.3 Å². The van der Waals surface area contributed by atoms with Crippen LogP contribution >= 0.6 is 18.8 Å². The molecule has 5 heteroatoms. The number of rotatable bonds is 3. The molecule has 0 heterocycles.